The van der Waals surface area contributed by atoms with Gasteiger partial charge in [-0.15, -0.1) is 0 Å². The van der Waals surface area contributed by atoms with Crippen molar-refractivity contribution in [2.45, 2.75) is 83.5 Å². The molecule has 1 aromatic carbocycles. The van der Waals surface area contributed by atoms with Crippen molar-refractivity contribution >= 4 is 18.4 Å². The molecule has 1 heterocycles. The third-order valence-electron chi connectivity index (χ3n) is 6.15. The molecular formula is C20H15F19Se. The molecule has 0 spiro atoms. The zero-order valence-electron chi connectivity index (χ0n) is 19.0. The Kier molecular flexibility index (Phi) is 8.66. The Bertz CT molecular complexity index is 1040. The quantitative estimate of drug-likeness (QED) is 0.181. The first-order chi connectivity index (χ1) is 17.6. The van der Waals surface area contributed by atoms with Crippen molar-refractivity contribution in [3.05, 3.63) is 29.8 Å². The van der Waals surface area contributed by atoms with E-state index in [-0.39, 0.29) is 5.32 Å². The normalized spacial score (nSPS) is 19.9. The fourth-order valence-corrected chi connectivity index (χ4v) is 9.46. The summed E-state index contributed by atoms with van der Waals surface area (Å²) in [6.07, 6.45) is -18.3. The predicted molar refractivity (Wildman–Crippen MR) is 101 cm³/mol. The van der Waals surface area contributed by atoms with Gasteiger partial charge in [0.1, 0.15) is 0 Å². The topological polar surface area (TPSA) is 0 Å². The van der Waals surface area contributed by atoms with Crippen molar-refractivity contribution in [3.63, 3.8) is 0 Å². The van der Waals surface area contributed by atoms with Crippen molar-refractivity contribution < 1.29 is 83.4 Å². The second kappa shape index (κ2) is 10.0. The molecule has 1 unspecified atom stereocenters. The van der Waals surface area contributed by atoms with Gasteiger partial charge in [0.2, 0.25) is 0 Å². The van der Waals surface area contributed by atoms with Crippen molar-refractivity contribution in [1.82, 2.24) is 0 Å². The summed E-state index contributed by atoms with van der Waals surface area (Å²) in [6, 6.07) is 5.78. The number of alkyl halides is 19. The van der Waals surface area contributed by atoms with Crippen LogP contribution in [0.15, 0.2) is 24.3 Å². The van der Waals surface area contributed by atoms with E-state index in [9.17, 15) is 83.4 Å². The molecule has 0 saturated carbocycles. The Labute approximate surface area is 215 Å². The molecule has 1 aliphatic rings. The zero-order valence-corrected chi connectivity index (χ0v) is 20.9. The van der Waals surface area contributed by atoms with Gasteiger partial charge in [-0.1, -0.05) is 0 Å². The molecule has 2 rings (SSSR count). The molecule has 0 N–H and O–H groups in total. The van der Waals surface area contributed by atoms with Crippen molar-refractivity contribution in [1.29, 1.82) is 0 Å². The Hall–Kier alpha value is -1.59. The summed E-state index contributed by atoms with van der Waals surface area (Å²) in [6.45, 7) is 0. The van der Waals surface area contributed by atoms with Crippen molar-refractivity contribution in [3.8, 4) is 0 Å². The summed E-state index contributed by atoms with van der Waals surface area (Å²) < 4.78 is 257. The van der Waals surface area contributed by atoms with Crippen LogP contribution in [0.3, 0.4) is 0 Å². The van der Waals surface area contributed by atoms with Crippen LogP contribution in [0, 0.1) is 0 Å². The molecule has 0 nitrogen and oxygen atoms in total. The third-order valence-corrected chi connectivity index (χ3v) is 11.9. The first-order valence-corrected chi connectivity index (χ1v) is 14.1. The number of rotatable bonds is 9. The van der Waals surface area contributed by atoms with Gasteiger partial charge in [-0.2, -0.15) is 0 Å². The predicted octanol–water partition coefficient (Wildman–Crippen LogP) is 8.10. The molecule has 20 heteroatoms. The van der Waals surface area contributed by atoms with Gasteiger partial charge >= 0.3 is 215 Å². The van der Waals surface area contributed by atoms with E-state index in [1.807, 2.05) is 0 Å². The van der Waals surface area contributed by atoms with Crippen LogP contribution in [-0.2, 0) is 6.42 Å². The van der Waals surface area contributed by atoms with E-state index in [4.69, 9.17) is 0 Å². The maximum atomic E-state index is 14.2. The molecule has 0 bridgehead atoms. The van der Waals surface area contributed by atoms with Gasteiger partial charge in [0.25, 0.3) is 0 Å². The Balaban J connectivity index is 2.51. The average molecular weight is 695 g/mol. The zero-order chi connectivity index (χ0) is 31.6. The van der Waals surface area contributed by atoms with Gasteiger partial charge in [-0.3, -0.25) is 0 Å². The summed E-state index contributed by atoms with van der Waals surface area (Å²) in [5.74, 6) is -49.4. The summed E-state index contributed by atoms with van der Waals surface area (Å²) in [5, 5.41) is -0.952. The van der Waals surface area contributed by atoms with Crippen LogP contribution < -0.4 is 4.46 Å². The van der Waals surface area contributed by atoms with E-state index in [0.717, 1.165) is 0 Å². The van der Waals surface area contributed by atoms with Crippen LogP contribution in [0.4, 0.5) is 83.4 Å². The Morgan fingerprint density at radius 1 is 0.550 bits per heavy atom. The number of aryl methyl sites for hydroxylation is 1. The number of halogens is 19. The minimum atomic E-state index is -8.98. The molecule has 0 aliphatic carbocycles. The SMILES string of the molecule is FC(F)(F)C(F)(C(F)(F)F)C(F)(F)C(F)(F)C(F)(F)C(F)(F)C(F)(F)C(F)(F)CC[SeH]1CCCc2ccccc21. The summed E-state index contributed by atoms with van der Waals surface area (Å²) in [7, 11) is 0. The molecule has 234 valence electrons. The summed E-state index contributed by atoms with van der Waals surface area (Å²) in [4.78, 5) is 0. The van der Waals surface area contributed by atoms with E-state index in [2.05, 4.69) is 0 Å². The Morgan fingerprint density at radius 2 is 0.975 bits per heavy atom. The minimum absolute atomic E-state index is 0.107. The van der Waals surface area contributed by atoms with Crippen molar-refractivity contribution in [2.24, 2.45) is 0 Å². The molecule has 1 aromatic rings. The number of fused-ring (bicyclic) bond motifs is 1. The summed E-state index contributed by atoms with van der Waals surface area (Å²) in [5.41, 5.74) is -8.15. The van der Waals surface area contributed by atoms with E-state index in [1.54, 1.807) is 0 Å². The van der Waals surface area contributed by atoms with Crippen LogP contribution in [0.5, 0.6) is 0 Å². The van der Waals surface area contributed by atoms with Crippen LogP contribution in [0.1, 0.15) is 18.4 Å². The van der Waals surface area contributed by atoms with Crippen LogP contribution in [0.2, 0.25) is 10.6 Å². The van der Waals surface area contributed by atoms with Gasteiger partial charge in [-0.05, 0) is 0 Å². The van der Waals surface area contributed by atoms with E-state index >= 15 is 0 Å². The van der Waals surface area contributed by atoms with Gasteiger partial charge in [0.15, 0.2) is 0 Å². The fraction of sp³-hybridized carbons (Fsp3) is 0.700. The van der Waals surface area contributed by atoms with Crippen LogP contribution in [0.25, 0.3) is 0 Å². The molecule has 40 heavy (non-hydrogen) atoms. The first-order valence-electron chi connectivity index (χ1n) is 10.5. The maximum absolute atomic E-state index is 14.2. The van der Waals surface area contributed by atoms with Crippen LogP contribution in [-0.4, -0.2) is 67.5 Å². The monoisotopic (exact) mass is 696 g/mol. The molecule has 0 radical (unpaired) electrons. The fourth-order valence-electron chi connectivity index (χ4n) is 3.83. The molecule has 1 atom stereocenters. The second-order valence-electron chi connectivity index (χ2n) is 8.70. The average Bonchev–Trinajstić information content (AvgIpc) is 2.79. The standard InChI is InChI=1S/C20H15F19Se/c21-12(22,7-9-40-8-3-5-10-4-1-2-6-11(10)40)14(24,25)16(28,29)18(32,33)17(30,31)15(26,27)13(23,19(34,35)36)20(37,38)39/h1-2,4,6,40H,3,5,7-9H2. The number of hydrogen-bond acceptors (Lipinski definition) is 0. The number of hydrogen-bond donors (Lipinski definition) is 0. The van der Waals surface area contributed by atoms with E-state index in [1.165, 1.54) is 24.3 Å². The summed E-state index contributed by atoms with van der Waals surface area (Å²) >= 11 is -2.81. The third kappa shape index (κ3) is 4.81. The van der Waals surface area contributed by atoms with E-state index < -0.39 is 79.2 Å². The van der Waals surface area contributed by atoms with Gasteiger partial charge < -0.3 is 0 Å². The van der Waals surface area contributed by atoms with Crippen molar-refractivity contribution in [2.75, 3.05) is 0 Å². The van der Waals surface area contributed by atoms with Gasteiger partial charge in [-0.25, -0.2) is 0 Å². The van der Waals surface area contributed by atoms with E-state index in [0.29, 0.717) is 22.9 Å². The molecule has 1 aliphatic heterocycles. The first kappa shape index (κ1) is 34.6. The van der Waals surface area contributed by atoms with Crippen LogP contribution >= 0.6 is 0 Å². The Morgan fingerprint density at radius 3 is 1.45 bits per heavy atom. The molecular weight excluding hydrogens is 680 g/mol. The molecule has 0 aromatic heterocycles. The number of benzene rings is 1. The second-order valence-corrected chi connectivity index (χ2v) is 13.9. The van der Waals surface area contributed by atoms with Gasteiger partial charge in [0, 0.05) is 0 Å². The van der Waals surface area contributed by atoms with Gasteiger partial charge in [0.05, 0.1) is 0 Å². The molecule has 0 fully saturated rings. The molecule has 0 saturated heterocycles. The molecule has 0 amide bonds.